The van der Waals surface area contributed by atoms with Crippen LogP contribution in [0.15, 0.2) is 29.2 Å². The molecular weight excluding hydrogens is 272 g/mol. The van der Waals surface area contributed by atoms with Gasteiger partial charge in [-0.3, -0.25) is 0 Å². The molecule has 0 aromatic heterocycles. The Labute approximate surface area is 123 Å². The fourth-order valence-electron chi connectivity index (χ4n) is 2.09. The molecule has 4 nitrogen and oxygen atoms in total. The van der Waals surface area contributed by atoms with Gasteiger partial charge in [0.05, 0.1) is 4.90 Å². The first-order valence-corrected chi connectivity index (χ1v) is 8.45. The van der Waals surface area contributed by atoms with Crippen molar-refractivity contribution in [3.63, 3.8) is 0 Å². The minimum Gasteiger partial charge on any atom is -0.313 e. The lowest BCUT2D eigenvalue weighted by molar-refractivity contribution is 0.270. The van der Waals surface area contributed by atoms with Crippen molar-refractivity contribution in [3.8, 4) is 0 Å². The van der Waals surface area contributed by atoms with E-state index in [9.17, 15) is 8.42 Å². The monoisotopic (exact) mass is 298 g/mol. The average Bonchev–Trinajstić information content (AvgIpc) is 2.38. The van der Waals surface area contributed by atoms with E-state index in [-0.39, 0.29) is 5.41 Å². The molecule has 1 rings (SSSR count). The fraction of sp³-hybridized carbons (Fsp3) is 0.600. The summed E-state index contributed by atoms with van der Waals surface area (Å²) in [6.45, 7) is 9.65. The molecule has 5 heteroatoms. The number of rotatable bonds is 6. The third-order valence-corrected chi connectivity index (χ3v) is 4.87. The van der Waals surface area contributed by atoms with Gasteiger partial charge in [0.1, 0.15) is 0 Å². The Bertz CT molecular complexity index is 516. The minimum absolute atomic E-state index is 0.158. The molecule has 0 bridgehead atoms. The smallest absolute Gasteiger partial charge is 0.240 e. The Morgan fingerprint density at radius 1 is 1.15 bits per heavy atom. The number of likely N-dealkylation sites (N-methyl/N-ethyl adjacent to an activating group) is 1. The van der Waals surface area contributed by atoms with Crippen molar-refractivity contribution < 1.29 is 8.42 Å². The first-order chi connectivity index (χ1) is 9.20. The van der Waals surface area contributed by atoms with Gasteiger partial charge in [-0.1, -0.05) is 39.8 Å². The summed E-state index contributed by atoms with van der Waals surface area (Å²) < 4.78 is 25.7. The highest BCUT2D eigenvalue weighted by molar-refractivity contribution is 7.89. The summed E-state index contributed by atoms with van der Waals surface area (Å²) in [6, 6.07) is 7.46. The molecule has 0 amide bonds. The van der Waals surface area contributed by atoms with Gasteiger partial charge < -0.3 is 5.32 Å². The van der Waals surface area contributed by atoms with Gasteiger partial charge in [0.25, 0.3) is 0 Å². The zero-order valence-corrected chi connectivity index (χ0v) is 13.8. The Balaban J connectivity index is 2.89. The average molecular weight is 298 g/mol. The third kappa shape index (κ3) is 4.58. The molecule has 1 unspecified atom stereocenters. The van der Waals surface area contributed by atoms with Crippen LogP contribution in [0.3, 0.4) is 0 Å². The summed E-state index contributed by atoms with van der Waals surface area (Å²) in [7, 11) is -1.93. The molecule has 0 heterocycles. The van der Waals surface area contributed by atoms with E-state index in [1.54, 1.807) is 12.1 Å². The maximum Gasteiger partial charge on any atom is 0.240 e. The summed E-state index contributed by atoms with van der Waals surface area (Å²) in [5, 5.41) is 3.50. The van der Waals surface area contributed by atoms with Gasteiger partial charge in [0, 0.05) is 6.04 Å². The van der Waals surface area contributed by atoms with Gasteiger partial charge in [-0.05, 0) is 43.1 Å². The predicted molar refractivity (Wildman–Crippen MR) is 83.3 cm³/mol. The molecule has 0 saturated carbocycles. The first kappa shape index (κ1) is 17.1. The molecular formula is C15H26N2O2S. The first-order valence-electron chi connectivity index (χ1n) is 6.96. The molecule has 0 radical (unpaired) electrons. The van der Waals surface area contributed by atoms with Crippen molar-refractivity contribution >= 4 is 10.0 Å². The predicted octanol–water partition coefficient (Wildman–Crippen LogP) is 2.16. The second-order valence-electron chi connectivity index (χ2n) is 6.03. The van der Waals surface area contributed by atoms with Crippen molar-refractivity contribution in [1.82, 2.24) is 10.0 Å². The molecule has 1 aromatic rings. The van der Waals surface area contributed by atoms with E-state index in [2.05, 4.69) is 37.7 Å². The Morgan fingerprint density at radius 3 is 2.10 bits per heavy atom. The quantitative estimate of drug-likeness (QED) is 0.846. The SMILES string of the molecule is CCNC(Cc1ccc(S(=O)(=O)NC)cc1)C(C)(C)C. The molecule has 0 aliphatic heterocycles. The topological polar surface area (TPSA) is 58.2 Å². The number of benzene rings is 1. The van der Waals surface area contributed by atoms with E-state index < -0.39 is 10.0 Å². The van der Waals surface area contributed by atoms with Crippen molar-refractivity contribution in [2.24, 2.45) is 5.41 Å². The van der Waals surface area contributed by atoms with Crippen LogP contribution in [0.2, 0.25) is 0 Å². The number of hydrogen-bond acceptors (Lipinski definition) is 3. The van der Waals surface area contributed by atoms with Crippen LogP contribution < -0.4 is 10.0 Å². The van der Waals surface area contributed by atoms with Crippen LogP contribution in [0, 0.1) is 5.41 Å². The maximum absolute atomic E-state index is 11.7. The van der Waals surface area contributed by atoms with Gasteiger partial charge in [0.15, 0.2) is 0 Å². The highest BCUT2D eigenvalue weighted by atomic mass is 32.2. The molecule has 2 N–H and O–H groups in total. The van der Waals surface area contributed by atoms with Crippen LogP contribution in [0.5, 0.6) is 0 Å². The number of sulfonamides is 1. The van der Waals surface area contributed by atoms with Crippen molar-refractivity contribution in [1.29, 1.82) is 0 Å². The summed E-state index contributed by atoms with van der Waals surface area (Å²) in [5.74, 6) is 0. The molecule has 0 spiro atoms. The lowest BCUT2D eigenvalue weighted by atomic mass is 9.83. The molecule has 1 atom stereocenters. The Morgan fingerprint density at radius 2 is 1.70 bits per heavy atom. The summed E-state index contributed by atoms with van der Waals surface area (Å²) in [4.78, 5) is 0.305. The fourth-order valence-corrected chi connectivity index (χ4v) is 2.82. The number of nitrogens with one attached hydrogen (secondary N) is 2. The molecule has 1 aromatic carbocycles. The normalized spacial score (nSPS) is 14.2. The zero-order chi connectivity index (χ0) is 15.4. The lowest BCUT2D eigenvalue weighted by Crippen LogP contribution is -2.41. The highest BCUT2D eigenvalue weighted by Gasteiger charge is 2.23. The minimum atomic E-state index is -3.35. The molecule has 0 fully saturated rings. The zero-order valence-electron chi connectivity index (χ0n) is 13.0. The molecule has 0 aliphatic rings. The summed E-state index contributed by atoms with van der Waals surface area (Å²) in [6.07, 6.45) is 0.886. The molecule has 20 heavy (non-hydrogen) atoms. The third-order valence-electron chi connectivity index (χ3n) is 3.44. The Kier molecular flexibility index (Phi) is 5.74. The summed E-state index contributed by atoms with van der Waals surface area (Å²) in [5.41, 5.74) is 1.30. The second kappa shape index (κ2) is 6.70. The van der Waals surface area contributed by atoms with E-state index in [1.165, 1.54) is 7.05 Å². The van der Waals surface area contributed by atoms with Crippen LogP contribution in [0.1, 0.15) is 33.3 Å². The summed E-state index contributed by atoms with van der Waals surface area (Å²) >= 11 is 0. The van der Waals surface area contributed by atoms with E-state index in [4.69, 9.17) is 0 Å². The van der Waals surface area contributed by atoms with Crippen molar-refractivity contribution in [2.45, 2.75) is 45.1 Å². The van der Waals surface area contributed by atoms with Crippen LogP contribution in [-0.4, -0.2) is 28.1 Å². The number of hydrogen-bond donors (Lipinski definition) is 2. The van der Waals surface area contributed by atoms with E-state index in [0.717, 1.165) is 18.5 Å². The molecule has 0 saturated heterocycles. The van der Waals surface area contributed by atoms with Gasteiger partial charge >= 0.3 is 0 Å². The van der Waals surface area contributed by atoms with Crippen LogP contribution >= 0.6 is 0 Å². The van der Waals surface area contributed by atoms with Crippen LogP contribution in [0.25, 0.3) is 0 Å². The largest absolute Gasteiger partial charge is 0.313 e. The van der Waals surface area contributed by atoms with Crippen molar-refractivity contribution in [2.75, 3.05) is 13.6 Å². The lowest BCUT2D eigenvalue weighted by Gasteiger charge is -2.31. The standard InChI is InChI=1S/C15H26N2O2S/c1-6-17-14(15(2,3)4)11-12-7-9-13(10-8-12)20(18,19)16-5/h7-10,14,16-17H,6,11H2,1-5H3. The van der Waals surface area contributed by atoms with Crippen LogP contribution in [-0.2, 0) is 16.4 Å². The van der Waals surface area contributed by atoms with Gasteiger partial charge in [0.2, 0.25) is 10.0 Å². The van der Waals surface area contributed by atoms with Crippen LogP contribution in [0.4, 0.5) is 0 Å². The van der Waals surface area contributed by atoms with Gasteiger partial charge in [-0.2, -0.15) is 0 Å². The van der Waals surface area contributed by atoms with Gasteiger partial charge in [-0.25, -0.2) is 13.1 Å². The molecule has 0 aliphatic carbocycles. The maximum atomic E-state index is 11.7. The van der Waals surface area contributed by atoms with Gasteiger partial charge in [-0.15, -0.1) is 0 Å². The highest BCUT2D eigenvalue weighted by Crippen LogP contribution is 2.23. The second-order valence-corrected chi connectivity index (χ2v) is 7.92. The van der Waals surface area contributed by atoms with E-state index in [1.807, 2.05) is 12.1 Å². The Hall–Kier alpha value is -0.910. The van der Waals surface area contributed by atoms with Crippen molar-refractivity contribution in [3.05, 3.63) is 29.8 Å². The molecule has 114 valence electrons. The van der Waals surface area contributed by atoms with E-state index in [0.29, 0.717) is 10.9 Å². The van der Waals surface area contributed by atoms with E-state index >= 15 is 0 Å².